The van der Waals surface area contributed by atoms with Crippen LogP contribution in [0.3, 0.4) is 0 Å². The Morgan fingerprint density at radius 1 is 1.18 bits per heavy atom. The van der Waals surface area contributed by atoms with Gasteiger partial charge in [0.15, 0.2) is 22.5 Å². The molecule has 6 nitrogen and oxygen atoms in total. The summed E-state index contributed by atoms with van der Waals surface area (Å²) in [6.45, 7) is 2.17. The maximum Gasteiger partial charge on any atom is 0.192 e. The Bertz CT molecular complexity index is 362. The highest BCUT2D eigenvalue weighted by Crippen LogP contribution is 2.28. The SMILES string of the molecule is CCCCCCSc1[15n]c([15NH2])c([15N]=O)c([15NH2])[15n]1. The molecule has 94 valence electrons. The van der Waals surface area contributed by atoms with Crippen molar-refractivity contribution in [1.82, 2.24) is 9.97 Å². The van der Waals surface area contributed by atoms with Crippen molar-refractivity contribution in [3.05, 3.63) is 4.91 Å². The van der Waals surface area contributed by atoms with E-state index < -0.39 is 0 Å². The molecule has 0 unspecified atom stereocenters. The van der Waals surface area contributed by atoms with E-state index in [0.29, 0.717) is 5.16 Å². The monoisotopic (exact) mass is 260 g/mol. The number of aromatic nitrogens is 2. The summed E-state index contributed by atoms with van der Waals surface area (Å²) < 4.78 is 0. The molecule has 4 N–H and O–H groups in total. The van der Waals surface area contributed by atoms with Gasteiger partial charge in [-0.1, -0.05) is 37.9 Å². The lowest BCUT2D eigenvalue weighted by molar-refractivity contribution is 0.706. The summed E-state index contributed by atoms with van der Waals surface area (Å²) >= 11 is 1.49. The molecule has 0 spiro atoms. The molecule has 0 aliphatic carbocycles. The van der Waals surface area contributed by atoms with Gasteiger partial charge in [0, 0.05) is 5.75 Å². The van der Waals surface area contributed by atoms with Crippen LogP contribution in [-0.2, 0) is 0 Å². The molecule has 0 atom stereocenters. The number of anilines is 2. The molecule has 0 aliphatic heterocycles. The van der Waals surface area contributed by atoms with Crippen LogP contribution in [-0.4, -0.2) is 15.7 Å². The lowest BCUT2D eigenvalue weighted by atomic mass is 10.2. The minimum Gasteiger partial charge on any atom is -0.382 e. The van der Waals surface area contributed by atoms with Crippen molar-refractivity contribution in [1.29, 1.82) is 0 Å². The van der Waals surface area contributed by atoms with Crippen LogP contribution in [0.2, 0.25) is 0 Å². The smallest absolute Gasteiger partial charge is 0.192 e. The first-order valence-corrected chi connectivity index (χ1v) is 6.56. The van der Waals surface area contributed by atoms with E-state index >= 15 is 0 Å². The van der Waals surface area contributed by atoms with Crippen LogP contribution in [0.25, 0.3) is 0 Å². The zero-order valence-electron chi connectivity index (χ0n) is 9.85. The van der Waals surface area contributed by atoms with Crippen LogP contribution >= 0.6 is 11.8 Å². The lowest BCUT2D eigenvalue weighted by Gasteiger charge is -2.04. The van der Waals surface area contributed by atoms with Gasteiger partial charge >= 0.3 is 0 Å². The van der Waals surface area contributed by atoms with Gasteiger partial charge in [-0.25, -0.2) is 9.97 Å². The molecule has 0 saturated carbocycles. The number of nitrogen functional groups attached to an aromatic ring is 2. The molecule has 0 aromatic carbocycles. The summed E-state index contributed by atoms with van der Waals surface area (Å²) in [6, 6.07) is 0. The second kappa shape index (κ2) is 7.05. The van der Waals surface area contributed by atoms with E-state index in [1.54, 1.807) is 0 Å². The van der Waals surface area contributed by atoms with E-state index in [2.05, 4.69) is 22.1 Å². The average Bonchev–Trinajstić information content (AvgIpc) is 2.28. The van der Waals surface area contributed by atoms with Gasteiger partial charge in [-0.05, 0) is 11.6 Å². The molecule has 1 rings (SSSR count). The fraction of sp³-hybridized carbons (Fsp3) is 0.600. The van der Waals surface area contributed by atoms with Gasteiger partial charge in [0.25, 0.3) is 0 Å². The molecular formula is C10H17N5OS. The van der Waals surface area contributed by atoms with Crippen LogP contribution in [0.4, 0.5) is 17.3 Å². The summed E-state index contributed by atoms with van der Waals surface area (Å²) in [7, 11) is 0. The number of thioether (sulfide) groups is 1. The van der Waals surface area contributed by atoms with E-state index in [1.807, 2.05) is 0 Å². The quantitative estimate of drug-likeness (QED) is 0.256. The topological polar surface area (TPSA) is 107 Å². The highest BCUT2D eigenvalue weighted by atomic mass is 32.2. The highest BCUT2D eigenvalue weighted by Gasteiger charge is 2.10. The third-order valence-corrected chi connectivity index (χ3v) is 3.17. The predicted molar refractivity (Wildman–Crippen MR) is 71.2 cm³/mol. The van der Waals surface area contributed by atoms with Gasteiger partial charge in [0.2, 0.25) is 0 Å². The van der Waals surface area contributed by atoms with E-state index in [9.17, 15) is 4.91 Å². The van der Waals surface area contributed by atoms with Crippen molar-refractivity contribution >= 4 is 29.1 Å². The Labute approximate surface area is 105 Å². The van der Waals surface area contributed by atoms with E-state index in [1.165, 1.54) is 31.0 Å². The third kappa shape index (κ3) is 4.18. The first kappa shape index (κ1) is 13.7. The molecule has 0 bridgehead atoms. The Morgan fingerprint density at radius 2 is 1.82 bits per heavy atom. The summed E-state index contributed by atoms with van der Waals surface area (Å²) in [5.74, 6) is 1.01. The van der Waals surface area contributed by atoms with E-state index in [0.717, 1.165) is 12.2 Å². The average molecular weight is 260 g/mol. The number of unbranched alkanes of at least 4 members (excludes halogenated alkanes) is 3. The Hall–Kier alpha value is -1.37. The van der Waals surface area contributed by atoms with Crippen LogP contribution in [0.5, 0.6) is 0 Å². The van der Waals surface area contributed by atoms with Gasteiger partial charge in [0.05, 0.1) is 0 Å². The first-order valence-electron chi connectivity index (χ1n) is 5.58. The summed E-state index contributed by atoms with van der Waals surface area (Å²) in [5, 5.41) is 3.20. The summed E-state index contributed by atoms with van der Waals surface area (Å²) in [6.07, 6.45) is 4.75. The number of nitrogens with zero attached hydrogens (tertiary/aromatic N) is 3. The van der Waals surface area contributed by atoms with Crippen molar-refractivity contribution in [2.75, 3.05) is 17.2 Å². The Kier molecular flexibility index (Phi) is 5.68. The molecule has 17 heavy (non-hydrogen) atoms. The minimum atomic E-state index is -0.0691. The molecule has 0 radical (unpaired) electrons. The third-order valence-electron chi connectivity index (χ3n) is 2.24. The molecule has 0 fully saturated rings. The molecule has 7 heteroatoms. The first-order chi connectivity index (χ1) is 8.19. The molecular weight excluding hydrogens is 243 g/mol. The molecule has 1 aromatic heterocycles. The standard InChI is InChI=1S/C10H17N5OS/c1-2-3-4-5-6-17-10-13-8(11)7(15-16)9(12)14-10/h2-6H2,1H3,(H4,11,12,13,14)/i11+1,12+1,13+1,14+1,15+1. The second-order valence-electron chi connectivity index (χ2n) is 3.63. The number of rotatable bonds is 7. The zero-order chi connectivity index (χ0) is 12.7. The second-order valence-corrected chi connectivity index (χ2v) is 4.69. The fourth-order valence-electron chi connectivity index (χ4n) is 1.32. The Balaban J connectivity index is 2.52. The number of nitroso groups, excluding NO2 is 1. The van der Waals surface area contributed by atoms with Gasteiger partial charge in [-0.15, -0.1) is 4.91 Å². The van der Waals surface area contributed by atoms with E-state index in [4.69, 9.17) is 11.5 Å². The summed E-state index contributed by atoms with van der Waals surface area (Å²) in [5.41, 5.74) is 11.0. The fourth-order valence-corrected chi connectivity index (χ4v) is 2.18. The lowest BCUT2D eigenvalue weighted by Crippen LogP contribution is -2.01. The van der Waals surface area contributed by atoms with Crippen molar-refractivity contribution in [3.8, 4) is 0 Å². The Morgan fingerprint density at radius 3 is 2.35 bits per heavy atom. The minimum absolute atomic E-state index is 0.0450. The van der Waals surface area contributed by atoms with Crippen LogP contribution in [0, 0.1) is 4.91 Å². The van der Waals surface area contributed by atoms with Crippen molar-refractivity contribution in [2.24, 2.45) is 5.18 Å². The van der Waals surface area contributed by atoms with Gasteiger partial charge in [-0.2, -0.15) is 0 Å². The van der Waals surface area contributed by atoms with Crippen molar-refractivity contribution in [2.45, 2.75) is 37.8 Å². The van der Waals surface area contributed by atoms with Gasteiger partial charge in [0.1, 0.15) is 0 Å². The maximum atomic E-state index is 10.4. The molecule has 0 saturated heterocycles. The summed E-state index contributed by atoms with van der Waals surface area (Å²) in [4.78, 5) is 18.4. The molecule has 1 heterocycles. The van der Waals surface area contributed by atoms with Gasteiger partial charge < -0.3 is 11.5 Å². The van der Waals surface area contributed by atoms with E-state index in [-0.39, 0.29) is 17.3 Å². The predicted octanol–water partition coefficient (Wildman–Crippen LogP) is 2.71. The van der Waals surface area contributed by atoms with Crippen LogP contribution < -0.4 is 11.5 Å². The van der Waals surface area contributed by atoms with Gasteiger partial charge in [-0.3, -0.25) is 0 Å². The zero-order valence-corrected chi connectivity index (χ0v) is 10.7. The van der Waals surface area contributed by atoms with Crippen LogP contribution in [0.1, 0.15) is 32.6 Å². The van der Waals surface area contributed by atoms with Crippen molar-refractivity contribution < 1.29 is 0 Å². The molecule has 1 aromatic rings. The van der Waals surface area contributed by atoms with Crippen molar-refractivity contribution in [3.63, 3.8) is 0 Å². The number of nitrogens with two attached hydrogens (primary N) is 2. The molecule has 0 aliphatic rings. The largest absolute Gasteiger partial charge is 0.382 e. The van der Waals surface area contributed by atoms with Crippen LogP contribution in [0.15, 0.2) is 10.3 Å². The molecule has 0 amide bonds. The maximum absolute atomic E-state index is 10.4. The number of hydrogen-bond donors (Lipinski definition) is 2. The highest BCUT2D eigenvalue weighted by molar-refractivity contribution is 7.99. The normalized spacial score (nSPS) is 10.4. The number of hydrogen-bond acceptors (Lipinski definition) is 7.